The standard InChI is InChI=1S/C39H32N2/c1-5-13-32-33-14-7-10-17-37(33)40(36(32)6-2)28-20-22-30(26(3)24-28)31-23-21-29(25-27(31)4)41-38-18-11-8-15-34(38)35-16-9-12-19-39(35)41/h5-25H,2H2,1,3-4H3/b13-5-. The second-order valence-electron chi connectivity index (χ2n) is 10.7. The second kappa shape index (κ2) is 9.83. The predicted molar refractivity (Wildman–Crippen MR) is 177 cm³/mol. The number of hydrogen-bond acceptors (Lipinski definition) is 0. The summed E-state index contributed by atoms with van der Waals surface area (Å²) in [5.74, 6) is 0. The van der Waals surface area contributed by atoms with Crippen molar-refractivity contribution in [3.05, 3.63) is 144 Å². The maximum atomic E-state index is 4.16. The first-order valence-electron chi connectivity index (χ1n) is 14.2. The third-order valence-corrected chi connectivity index (χ3v) is 8.29. The van der Waals surface area contributed by atoms with Gasteiger partial charge in [-0.2, -0.15) is 0 Å². The maximum absolute atomic E-state index is 4.16. The molecule has 0 saturated heterocycles. The van der Waals surface area contributed by atoms with Crippen LogP contribution in [0.2, 0.25) is 0 Å². The third-order valence-electron chi connectivity index (χ3n) is 8.29. The number of aryl methyl sites for hydroxylation is 2. The Balaban J connectivity index is 1.34. The topological polar surface area (TPSA) is 9.86 Å². The summed E-state index contributed by atoms with van der Waals surface area (Å²) in [5, 5.41) is 3.80. The largest absolute Gasteiger partial charge is 0.309 e. The molecule has 5 aromatic carbocycles. The van der Waals surface area contributed by atoms with Gasteiger partial charge in [0.15, 0.2) is 0 Å². The van der Waals surface area contributed by atoms with Crippen molar-refractivity contribution in [3.63, 3.8) is 0 Å². The Morgan fingerprint density at radius 3 is 1.51 bits per heavy atom. The lowest BCUT2D eigenvalue weighted by Gasteiger charge is -2.16. The average Bonchev–Trinajstić information content (AvgIpc) is 3.50. The van der Waals surface area contributed by atoms with Crippen LogP contribution < -0.4 is 0 Å². The first kappa shape index (κ1) is 24.9. The molecule has 0 radical (unpaired) electrons. The lowest BCUT2D eigenvalue weighted by Crippen LogP contribution is -1.99. The Bertz CT molecular complexity index is 2100. The van der Waals surface area contributed by atoms with E-state index < -0.39 is 0 Å². The molecule has 2 heteroatoms. The predicted octanol–water partition coefficient (Wildman–Crippen LogP) is 10.7. The molecule has 2 heterocycles. The van der Waals surface area contributed by atoms with Crippen molar-refractivity contribution >= 4 is 44.9 Å². The molecule has 0 saturated carbocycles. The molecular weight excluding hydrogens is 496 g/mol. The normalized spacial score (nSPS) is 11.8. The number of hydrogen-bond donors (Lipinski definition) is 0. The fraction of sp³-hybridized carbons (Fsp3) is 0.0769. The molecule has 0 N–H and O–H groups in total. The van der Waals surface area contributed by atoms with Gasteiger partial charge in [-0.25, -0.2) is 0 Å². The molecule has 198 valence electrons. The first-order chi connectivity index (χ1) is 20.1. The first-order valence-corrected chi connectivity index (χ1v) is 14.2. The quantitative estimate of drug-likeness (QED) is 0.210. The fourth-order valence-electron chi connectivity index (χ4n) is 6.48. The zero-order valence-corrected chi connectivity index (χ0v) is 23.7. The molecule has 0 atom stereocenters. The van der Waals surface area contributed by atoms with Gasteiger partial charge in [-0.1, -0.05) is 85.5 Å². The van der Waals surface area contributed by atoms with Gasteiger partial charge in [0.2, 0.25) is 0 Å². The van der Waals surface area contributed by atoms with E-state index in [0.717, 1.165) is 11.4 Å². The Kier molecular flexibility index (Phi) is 5.98. The van der Waals surface area contributed by atoms with E-state index in [1.165, 1.54) is 66.2 Å². The smallest absolute Gasteiger partial charge is 0.0541 e. The van der Waals surface area contributed by atoms with E-state index in [1.807, 2.05) is 6.08 Å². The lowest BCUT2D eigenvalue weighted by molar-refractivity contribution is 1.10. The van der Waals surface area contributed by atoms with E-state index in [1.54, 1.807) is 0 Å². The number of fused-ring (bicyclic) bond motifs is 4. The third kappa shape index (κ3) is 3.87. The van der Waals surface area contributed by atoms with E-state index in [4.69, 9.17) is 0 Å². The minimum absolute atomic E-state index is 1.11. The highest BCUT2D eigenvalue weighted by Gasteiger charge is 2.17. The second-order valence-corrected chi connectivity index (χ2v) is 10.7. The van der Waals surface area contributed by atoms with Gasteiger partial charge in [-0.15, -0.1) is 0 Å². The summed E-state index contributed by atoms with van der Waals surface area (Å²) in [5.41, 5.74) is 13.3. The van der Waals surface area contributed by atoms with Crippen molar-refractivity contribution in [2.24, 2.45) is 0 Å². The van der Waals surface area contributed by atoms with Gasteiger partial charge in [0.05, 0.1) is 22.2 Å². The molecule has 7 aromatic rings. The van der Waals surface area contributed by atoms with Crippen LogP contribution in [0.5, 0.6) is 0 Å². The van der Waals surface area contributed by atoms with E-state index in [-0.39, 0.29) is 0 Å². The molecule has 0 aliphatic heterocycles. The molecule has 0 amide bonds. The summed E-state index contributed by atoms with van der Waals surface area (Å²) >= 11 is 0. The van der Waals surface area contributed by atoms with Gasteiger partial charge in [-0.3, -0.25) is 0 Å². The Morgan fingerprint density at radius 2 is 1.02 bits per heavy atom. The van der Waals surface area contributed by atoms with Crippen LogP contribution in [0.1, 0.15) is 29.3 Å². The van der Waals surface area contributed by atoms with E-state index >= 15 is 0 Å². The number of para-hydroxylation sites is 3. The number of nitrogens with zero attached hydrogens (tertiary/aromatic N) is 2. The fourth-order valence-corrected chi connectivity index (χ4v) is 6.48. The molecule has 0 aliphatic carbocycles. The molecule has 0 fully saturated rings. The molecule has 2 aromatic heterocycles. The number of allylic oxidation sites excluding steroid dienone is 1. The minimum atomic E-state index is 1.11. The van der Waals surface area contributed by atoms with E-state index in [9.17, 15) is 0 Å². The van der Waals surface area contributed by atoms with Gasteiger partial charge >= 0.3 is 0 Å². The summed E-state index contributed by atoms with van der Waals surface area (Å²) in [7, 11) is 0. The summed E-state index contributed by atoms with van der Waals surface area (Å²) in [6.45, 7) is 10.7. The highest BCUT2D eigenvalue weighted by atomic mass is 15.0. The summed E-state index contributed by atoms with van der Waals surface area (Å²) in [6.07, 6.45) is 6.24. The molecule has 0 unspecified atom stereocenters. The number of aromatic nitrogens is 2. The van der Waals surface area contributed by atoms with Crippen LogP contribution in [-0.4, -0.2) is 9.13 Å². The maximum Gasteiger partial charge on any atom is 0.0541 e. The van der Waals surface area contributed by atoms with Crippen LogP contribution in [0, 0.1) is 13.8 Å². The summed E-state index contributed by atoms with van der Waals surface area (Å²) < 4.78 is 4.71. The Hall–Kier alpha value is -5.08. The van der Waals surface area contributed by atoms with Crippen LogP contribution in [-0.2, 0) is 0 Å². The van der Waals surface area contributed by atoms with Crippen molar-refractivity contribution < 1.29 is 0 Å². The van der Waals surface area contributed by atoms with E-state index in [0.29, 0.717) is 0 Å². The van der Waals surface area contributed by atoms with Crippen LogP contribution in [0.4, 0.5) is 0 Å². The SMILES string of the molecule is C=Cc1c(/C=C\C)c2ccccc2n1-c1ccc(-c2ccc(-n3c4ccccc4c4ccccc43)cc2C)c(C)c1. The molecule has 2 nitrogen and oxygen atoms in total. The summed E-state index contributed by atoms with van der Waals surface area (Å²) in [6, 6.07) is 39.6. The molecular formula is C39H32N2. The highest BCUT2D eigenvalue weighted by Crippen LogP contribution is 2.36. The molecule has 0 aliphatic rings. The monoisotopic (exact) mass is 528 g/mol. The van der Waals surface area contributed by atoms with Gasteiger partial charge in [0.25, 0.3) is 0 Å². The van der Waals surface area contributed by atoms with Crippen molar-refractivity contribution in [2.45, 2.75) is 20.8 Å². The van der Waals surface area contributed by atoms with Crippen molar-refractivity contribution in [1.29, 1.82) is 0 Å². The molecule has 0 bridgehead atoms. The highest BCUT2D eigenvalue weighted by molar-refractivity contribution is 6.09. The van der Waals surface area contributed by atoms with Crippen LogP contribution in [0.3, 0.4) is 0 Å². The van der Waals surface area contributed by atoms with Crippen molar-refractivity contribution in [3.8, 4) is 22.5 Å². The molecule has 0 spiro atoms. The van der Waals surface area contributed by atoms with Crippen LogP contribution in [0.25, 0.3) is 67.4 Å². The van der Waals surface area contributed by atoms with Gasteiger partial charge in [0.1, 0.15) is 0 Å². The number of benzene rings is 5. The lowest BCUT2D eigenvalue weighted by atomic mass is 9.95. The minimum Gasteiger partial charge on any atom is -0.309 e. The Labute approximate surface area is 241 Å². The zero-order valence-electron chi connectivity index (χ0n) is 23.7. The van der Waals surface area contributed by atoms with Crippen LogP contribution in [0.15, 0.2) is 122 Å². The van der Waals surface area contributed by atoms with Crippen LogP contribution >= 0.6 is 0 Å². The van der Waals surface area contributed by atoms with Crippen molar-refractivity contribution in [2.75, 3.05) is 0 Å². The summed E-state index contributed by atoms with van der Waals surface area (Å²) in [4.78, 5) is 0. The van der Waals surface area contributed by atoms with Crippen molar-refractivity contribution in [1.82, 2.24) is 9.13 Å². The van der Waals surface area contributed by atoms with Gasteiger partial charge in [-0.05, 0) is 91.6 Å². The van der Waals surface area contributed by atoms with E-state index in [2.05, 4.69) is 158 Å². The Morgan fingerprint density at radius 1 is 0.561 bits per heavy atom. The zero-order chi connectivity index (χ0) is 28.1. The average molecular weight is 529 g/mol. The molecule has 7 rings (SSSR count). The van der Waals surface area contributed by atoms with Gasteiger partial charge < -0.3 is 9.13 Å². The molecule has 41 heavy (non-hydrogen) atoms. The van der Waals surface area contributed by atoms with Gasteiger partial charge in [0, 0.05) is 33.1 Å². The number of rotatable bonds is 5.